The first-order chi connectivity index (χ1) is 19.4. The summed E-state index contributed by atoms with van der Waals surface area (Å²) >= 11 is 0. The van der Waals surface area contributed by atoms with Gasteiger partial charge in [0, 0.05) is 50.4 Å². The van der Waals surface area contributed by atoms with Crippen molar-refractivity contribution >= 4 is 34.9 Å². The van der Waals surface area contributed by atoms with Gasteiger partial charge < -0.3 is 35.9 Å². The summed E-state index contributed by atoms with van der Waals surface area (Å²) in [5.74, 6) is 1.12. The van der Waals surface area contributed by atoms with Gasteiger partial charge in [-0.15, -0.1) is 0 Å². The van der Waals surface area contributed by atoms with Gasteiger partial charge in [0.1, 0.15) is 11.6 Å². The van der Waals surface area contributed by atoms with Gasteiger partial charge in [-0.1, -0.05) is 0 Å². The molecule has 1 aliphatic rings. The Morgan fingerprint density at radius 3 is 2.67 bits per heavy atom. The molecule has 0 atom stereocenters. The number of hydrogen-bond acceptors (Lipinski definition) is 7. The van der Waals surface area contributed by atoms with Gasteiger partial charge >= 0.3 is 0 Å². The molecule has 4 rings (SSSR count). The average Bonchev–Trinajstić information content (AvgIpc) is 3.39. The van der Waals surface area contributed by atoms with Crippen LogP contribution in [0.15, 0.2) is 30.3 Å². The van der Waals surface area contributed by atoms with E-state index in [0.29, 0.717) is 57.4 Å². The van der Waals surface area contributed by atoms with Crippen LogP contribution in [-0.2, 0) is 22.4 Å². The highest BCUT2D eigenvalue weighted by Gasteiger charge is 2.26. The maximum absolute atomic E-state index is 12.9. The second-order valence-corrected chi connectivity index (χ2v) is 10.1. The molecule has 0 saturated carbocycles. The van der Waals surface area contributed by atoms with Crippen LogP contribution in [-0.4, -0.2) is 90.9 Å². The second kappa shape index (κ2) is 13.3. The van der Waals surface area contributed by atoms with Crippen molar-refractivity contribution in [1.29, 1.82) is 0 Å². The molecule has 0 unspecified atom stereocenters. The number of nitrogens with zero attached hydrogens (tertiary/aromatic N) is 3. The Labute approximate surface area is 234 Å². The minimum absolute atomic E-state index is 0.0630. The Hall–Kier alpha value is -4.12. The lowest BCUT2D eigenvalue weighted by atomic mass is 10.0. The van der Waals surface area contributed by atoms with Gasteiger partial charge in [-0.05, 0) is 74.2 Å². The number of carbonyl (C=O) groups is 3. The van der Waals surface area contributed by atoms with Crippen molar-refractivity contribution in [3.8, 4) is 5.75 Å². The first-order valence-corrected chi connectivity index (χ1v) is 13.7. The molecule has 1 aliphatic heterocycles. The molecule has 1 aromatic heterocycles. The van der Waals surface area contributed by atoms with Crippen LogP contribution in [0.5, 0.6) is 5.75 Å². The van der Waals surface area contributed by atoms with Crippen molar-refractivity contribution in [2.75, 3.05) is 52.2 Å². The number of likely N-dealkylation sites (tertiary alicyclic amines) is 1. The third-order valence-corrected chi connectivity index (χ3v) is 7.51. The number of benzene rings is 2. The van der Waals surface area contributed by atoms with E-state index in [4.69, 9.17) is 10.5 Å². The molecule has 3 amide bonds. The van der Waals surface area contributed by atoms with Gasteiger partial charge in [0.05, 0.1) is 24.7 Å². The Morgan fingerprint density at radius 2 is 2.00 bits per heavy atom. The highest BCUT2D eigenvalue weighted by Crippen LogP contribution is 2.24. The smallest absolute Gasteiger partial charge is 0.251 e. The van der Waals surface area contributed by atoms with Gasteiger partial charge in [0.15, 0.2) is 0 Å². The molecular formula is C29H39N7O4. The first-order valence-electron chi connectivity index (χ1n) is 13.7. The number of aromatic amines is 1. The number of amides is 3. The van der Waals surface area contributed by atoms with E-state index < -0.39 is 0 Å². The summed E-state index contributed by atoms with van der Waals surface area (Å²) in [7, 11) is 3.51. The predicted octanol–water partition coefficient (Wildman–Crippen LogP) is 1.84. The summed E-state index contributed by atoms with van der Waals surface area (Å²) in [6, 6.07) is 9.45. The van der Waals surface area contributed by atoms with Crippen molar-refractivity contribution in [2.45, 2.75) is 38.6 Å². The molecule has 0 bridgehead atoms. The Bertz CT molecular complexity index is 1350. The molecular weight excluding hydrogens is 510 g/mol. The summed E-state index contributed by atoms with van der Waals surface area (Å²) in [6.07, 6.45) is 3.60. The Morgan fingerprint density at radius 1 is 1.23 bits per heavy atom. The fourth-order valence-corrected chi connectivity index (χ4v) is 5.26. The number of imidazole rings is 1. The third kappa shape index (κ3) is 6.71. The number of H-pyrrole nitrogens is 1. The standard InChI is InChI=1S/C29H39N7O4/c1-19-14-21(16-25-28(19)34-26(33-25)6-10-30)29(39)32-17-27(38)35-12-8-22(9-13-35)36(18-37)11-7-20-15-23(40-3)4-5-24(20)31-2/h4-5,14-16,18,22,31H,6-13,17,30H2,1-3H3,(H,32,39)(H,33,34). The van der Waals surface area contributed by atoms with E-state index in [1.165, 1.54) is 0 Å². The zero-order valence-corrected chi connectivity index (χ0v) is 23.5. The van der Waals surface area contributed by atoms with Crippen molar-refractivity contribution in [3.05, 3.63) is 52.8 Å². The lowest BCUT2D eigenvalue weighted by Crippen LogP contribution is -2.49. The van der Waals surface area contributed by atoms with Gasteiger partial charge in [0.2, 0.25) is 12.3 Å². The van der Waals surface area contributed by atoms with Crippen LogP contribution in [0.3, 0.4) is 0 Å². The molecule has 11 heteroatoms. The van der Waals surface area contributed by atoms with Gasteiger partial charge in [-0.3, -0.25) is 14.4 Å². The second-order valence-electron chi connectivity index (χ2n) is 10.1. The largest absolute Gasteiger partial charge is 0.497 e. The third-order valence-electron chi connectivity index (χ3n) is 7.51. The van der Waals surface area contributed by atoms with Gasteiger partial charge in [0.25, 0.3) is 5.91 Å². The minimum Gasteiger partial charge on any atom is -0.497 e. The number of nitrogens with two attached hydrogens (primary N) is 1. The molecule has 3 aromatic rings. The van der Waals surface area contributed by atoms with Crippen LogP contribution in [0.4, 0.5) is 5.69 Å². The SMILES string of the molecule is CNc1ccc(OC)cc1CCN(C=O)C1CCN(C(=O)CNC(=O)c2cc(C)c3nc(CCN)[nH]c3c2)CC1. The highest BCUT2D eigenvalue weighted by molar-refractivity contribution is 5.99. The number of nitrogens with one attached hydrogen (secondary N) is 3. The van der Waals surface area contributed by atoms with Crippen LogP contribution in [0.1, 0.15) is 40.2 Å². The average molecular weight is 550 g/mol. The van der Waals surface area contributed by atoms with E-state index >= 15 is 0 Å². The quantitative estimate of drug-likeness (QED) is 0.252. The summed E-state index contributed by atoms with van der Waals surface area (Å²) in [5, 5.41) is 5.94. The van der Waals surface area contributed by atoms with E-state index in [0.717, 1.165) is 45.8 Å². The number of hydrogen-bond donors (Lipinski definition) is 4. The summed E-state index contributed by atoms with van der Waals surface area (Å²) in [5.41, 5.74) is 10.6. The van der Waals surface area contributed by atoms with Crippen LogP contribution < -0.4 is 21.1 Å². The Kier molecular flexibility index (Phi) is 9.60. The van der Waals surface area contributed by atoms with Crippen LogP contribution >= 0.6 is 0 Å². The lowest BCUT2D eigenvalue weighted by molar-refractivity contribution is -0.132. The number of aryl methyl sites for hydroxylation is 1. The number of aromatic nitrogens is 2. The summed E-state index contributed by atoms with van der Waals surface area (Å²) < 4.78 is 5.35. The van der Waals surface area contributed by atoms with Crippen molar-refractivity contribution in [2.24, 2.45) is 5.73 Å². The van der Waals surface area contributed by atoms with Crippen molar-refractivity contribution in [3.63, 3.8) is 0 Å². The number of piperidine rings is 1. The molecule has 0 spiro atoms. The highest BCUT2D eigenvalue weighted by atomic mass is 16.5. The number of rotatable bonds is 12. The molecule has 5 N–H and O–H groups in total. The van der Waals surface area contributed by atoms with Crippen LogP contribution in [0, 0.1) is 6.92 Å². The van der Waals surface area contributed by atoms with Crippen LogP contribution in [0.25, 0.3) is 11.0 Å². The minimum atomic E-state index is -0.311. The van der Waals surface area contributed by atoms with Gasteiger partial charge in [-0.25, -0.2) is 4.98 Å². The Balaban J connectivity index is 1.27. The van der Waals surface area contributed by atoms with Crippen LogP contribution in [0.2, 0.25) is 0 Å². The van der Waals surface area contributed by atoms with E-state index in [1.807, 2.05) is 37.1 Å². The molecule has 0 radical (unpaired) electrons. The molecule has 214 valence electrons. The fourth-order valence-electron chi connectivity index (χ4n) is 5.26. The molecule has 2 heterocycles. The number of methoxy groups -OCH3 is 1. The number of carbonyl (C=O) groups excluding carboxylic acids is 3. The molecule has 1 saturated heterocycles. The number of fused-ring (bicyclic) bond motifs is 1. The number of anilines is 1. The maximum atomic E-state index is 12.9. The first kappa shape index (κ1) is 28.9. The van der Waals surface area contributed by atoms with Crippen molar-refractivity contribution < 1.29 is 19.1 Å². The van der Waals surface area contributed by atoms with Gasteiger partial charge in [-0.2, -0.15) is 0 Å². The summed E-state index contributed by atoms with van der Waals surface area (Å²) in [6.45, 7) is 3.96. The molecule has 40 heavy (non-hydrogen) atoms. The molecule has 11 nitrogen and oxygen atoms in total. The molecule has 2 aromatic carbocycles. The van der Waals surface area contributed by atoms with E-state index in [1.54, 1.807) is 24.1 Å². The fraction of sp³-hybridized carbons (Fsp3) is 0.448. The molecule has 1 fully saturated rings. The van der Waals surface area contributed by atoms with Crippen molar-refractivity contribution in [1.82, 2.24) is 25.1 Å². The van der Waals surface area contributed by atoms with E-state index in [9.17, 15) is 14.4 Å². The monoisotopic (exact) mass is 549 g/mol. The topological polar surface area (TPSA) is 146 Å². The normalized spacial score (nSPS) is 13.8. The molecule has 0 aliphatic carbocycles. The zero-order chi connectivity index (χ0) is 28.6. The maximum Gasteiger partial charge on any atom is 0.251 e. The lowest BCUT2D eigenvalue weighted by Gasteiger charge is -2.37. The predicted molar refractivity (Wildman–Crippen MR) is 155 cm³/mol. The number of ether oxygens (including phenoxy) is 1. The van der Waals surface area contributed by atoms with E-state index in [-0.39, 0.29) is 24.4 Å². The zero-order valence-electron chi connectivity index (χ0n) is 23.5. The summed E-state index contributed by atoms with van der Waals surface area (Å²) in [4.78, 5) is 48.9. The van der Waals surface area contributed by atoms with E-state index in [2.05, 4.69) is 20.6 Å².